The van der Waals surface area contributed by atoms with Crippen LogP contribution in [0.25, 0.3) is 0 Å². The second-order valence-electron chi connectivity index (χ2n) is 5.19. The van der Waals surface area contributed by atoms with Gasteiger partial charge in [-0.25, -0.2) is 4.79 Å². The number of ketones is 1. The lowest BCUT2D eigenvalue weighted by molar-refractivity contribution is -0.152. The highest BCUT2D eigenvalue weighted by molar-refractivity contribution is 7.80. The third kappa shape index (κ3) is 3.58. The van der Waals surface area contributed by atoms with Gasteiger partial charge in [-0.05, 0) is 30.4 Å². The number of nitriles is 1. The van der Waals surface area contributed by atoms with Crippen molar-refractivity contribution < 1.29 is 19.1 Å². The molecule has 1 aliphatic heterocycles. The van der Waals surface area contributed by atoms with Gasteiger partial charge in [0.05, 0.1) is 18.2 Å². The number of esters is 1. The Hall–Kier alpha value is -2.21. The second-order valence-corrected chi connectivity index (χ2v) is 6.44. The number of carbonyl (C=O) groups is 3. The number of methoxy groups -OCH3 is 1. The monoisotopic (exact) mass is 399 g/mol. The van der Waals surface area contributed by atoms with E-state index in [1.807, 2.05) is 0 Å². The first kappa shape index (κ1) is 19.1. The third-order valence-electron chi connectivity index (χ3n) is 3.68. The largest absolute Gasteiger partial charge is 0.467 e. The first-order valence-electron chi connectivity index (χ1n) is 6.84. The van der Waals surface area contributed by atoms with E-state index < -0.39 is 35.5 Å². The molecule has 0 spiro atoms. The summed E-state index contributed by atoms with van der Waals surface area (Å²) in [7, 11) is 1.08. The van der Waals surface area contributed by atoms with E-state index in [-0.39, 0.29) is 15.7 Å². The number of ether oxygens (including phenoxy) is 1. The van der Waals surface area contributed by atoms with Crippen LogP contribution in [-0.2, 0) is 14.3 Å². The summed E-state index contributed by atoms with van der Waals surface area (Å²) < 4.78 is 4.71. The van der Waals surface area contributed by atoms with Gasteiger partial charge < -0.3 is 15.4 Å². The van der Waals surface area contributed by atoms with Gasteiger partial charge in [-0.15, -0.1) is 0 Å². The van der Waals surface area contributed by atoms with Gasteiger partial charge in [0, 0.05) is 17.0 Å². The molecule has 1 heterocycles. The normalized spacial score (nSPS) is 22.4. The molecule has 7 nitrogen and oxygen atoms in total. The molecule has 2 N–H and O–H groups in total. The smallest absolute Gasteiger partial charge is 0.334 e. The van der Waals surface area contributed by atoms with E-state index >= 15 is 0 Å². The molecule has 0 aliphatic carbocycles. The number of thiocarbonyl (C=S) groups is 1. The van der Waals surface area contributed by atoms with Crippen LogP contribution in [0.2, 0.25) is 10.0 Å². The number of rotatable bonds is 4. The van der Waals surface area contributed by atoms with Crippen molar-refractivity contribution in [1.29, 1.82) is 5.26 Å². The quantitative estimate of drug-likeness (QED) is 0.449. The van der Waals surface area contributed by atoms with Crippen molar-refractivity contribution in [3.05, 3.63) is 33.8 Å². The SMILES string of the molecule is COC(=O)C1(CC(=O)c2ccc(Cl)cc2Cl)NC(=S)NC(=O)C1C#N. The Labute approximate surface area is 158 Å². The van der Waals surface area contributed by atoms with Crippen LogP contribution in [0.1, 0.15) is 16.8 Å². The maximum atomic E-state index is 12.7. The molecule has 2 rings (SSSR count). The summed E-state index contributed by atoms with van der Waals surface area (Å²) in [5, 5.41) is 14.4. The minimum absolute atomic E-state index is 0.0776. The molecule has 1 fully saturated rings. The van der Waals surface area contributed by atoms with Crippen LogP contribution in [0.3, 0.4) is 0 Å². The van der Waals surface area contributed by atoms with Crippen LogP contribution in [-0.4, -0.2) is 35.4 Å². The summed E-state index contributed by atoms with van der Waals surface area (Å²) in [5.74, 6) is -3.87. The second kappa shape index (κ2) is 7.35. The Morgan fingerprint density at radius 3 is 2.68 bits per heavy atom. The molecular weight excluding hydrogens is 389 g/mol. The van der Waals surface area contributed by atoms with E-state index in [0.29, 0.717) is 5.02 Å². The number of nitrogens with zero attached hydrogens (tertiary/aromatic N) is 1. The predicted molar refractivity (Wildman–Crippen MR) is 93.1 cm³/mol. The van der Waals surface area contributed by atoms with Gasteiger partial charge in [0.15, 0.2) is 22.4 Å². The first-order valence-corrected chi connectivity index (χ1v) is 8.01. The van der Waals surface area contributed by atoms with E-state index in [0.717, 1.165) is 7.11 Å². The standard InChI is InChI=1S/C15H11Cl2N3O4S/c1-24-13(23)15(9(6-18)12(22)19-14(25)20-15)5-11(21)8-3-2-7(16)4-10(8)17/h2-4,9H,5H2,1H3,(H2,19,20,22,25). The number of amides is 1. The van der Waals surface area contributed by atoms with Crippen LogP contribution >= 0.6 is 35.4 Å². The topological polar surface area (TPSA) is 108 Å². The van der Waals surface area contributed by atoms with E-state index in [9.17, 15) is 19.6 Å². The summed E-state index contributed by atoms with van der Waals surface area (Å²) in [6.07, 6.45) is -0.563. The molecule has 0 aromatic heterocycles. The minimum atomic E-state index is -1.96. The number of hydrogen-bond acceptors (Lipinski definition) is 6. The van der Waals surface area contributed by atoms with Crippen LogP contribution in [0.15, 0.2) is 18.2 Å². The fourth-order valence-electron chi connectivity index (χ4n) is 2.52. The predicted octanol–water partition coefficient (Wildman–Crippen LogP) is 1.62. The van der Waals surface area contributed by atoms with Crippen LogP contribution in [0, 0.1) is 17.2 Å². The zero-order chi connectivity index (χ0) is 18.8. The zero-order valence-electron chi connectivity index (χ0n) is 12.8. The van der Waals surface area contributed by atoms with Crippen molar-refractivity contribution in [3.63, 3.8) is 0 Å². The lowest BCUT2D eigenvalue weighted by atomic mass is 9.77. The van der Waals surface area contributed by atoms with Crippen molar-refractivity contribution >= 4 is 58.2 Å². The fraction of sp³-hybridized carbons (Fsp3) is 0.267. The van der Waals surface area contributed by atoms with Gasteiger partial charge in [-0.2, -0.15) is 5.26 Å². The van der Waals surface area contributed by atoms with Gasteiger partial charge in [0.25, 0.3) is 0 Å². The summed E-state index contributed by atoms with van der Waals surface area (Å²) >= 11 is 16.7. The van der Waals surface area contributed by atoms with Gasteiger partial charge >= 0.3 is 5.97 Å². The molecule has 0 radical (unpaired) electrons. The van der Waals surface area contributed by atoms with Crippen molar-refractivity contribution in [3.8, 4) is 6.07 Å². The summed E-state index contributed by atoms with van der Waals surface area (Å²) in [6.45, 7) is 0. The van der Waals surface area contributed by atoms with Gasteiger partial charge in [0.2, 0.25) is 5.91 Å². The Morgan fingerprint density at radius 1 is 1.44 bits per heavy atom. The lowest BCUT2D eigenvalue weighted by Gasteiger charge is -2.38. The molecule has 0 bridgehead atoms. The summed E-state index contributed by atoms with van der Waals surface area (Å²) in [4.78, 5) is 37.1. The molecule has 0 saturated carbocycles. The maximum absolute atomic E-state index is 12.7. The Morgan fingerprint density at radius 2 is 2.12 bits per heavy atom. The molecule has 2 atom stereocenters. The number of nitrogens with one attached hydrogen (secondary N) is 2. The Kier molecular flexibility index (Phi) is 5.62. The highest BCUT2D eigenvalue weighted by Gasteiger charge is 2.55. The molecule has 1 aromatic rings. The van der Waals surface area contributed by atoms with Crippen molar-refractivity contribution in [1.82, 2.24) is 10.6 Å². The number of halogens is 2. The van der Waals surface area contributed by atoms with Crippen LogP contribution < -0.4 is 10.6 Å². The minimum Gasteiger partial charge on any atom is -0.467 e. The molecule has 1 amide bonds. The average molecular weight is 400 g/mol. The Balaban J connectivity index is 2.49. The Bertz CT molecular complexity index is 823. The first-order chi connectivity index (χ1) is 11.7. The van der Waals surface area contributed by atoms with E-state index in [4.69, 9.17) is 40.2 Å². The number of carbonyl (C=O) groups excluding carboxylic acids is 3. The zero-order valence-corrected chi connectivity index (χ0v) is 15.1. The van der Waals surface area contributed by atoms with E-state index in [1.54, 1.807) is 6.07 Å². The molecule has 2 unspecified atom stereocenters. The fourth-order valence-corrected chi connectivity index (χ4v) is 3.31. The highest BCUT2D eigenvalue weighted by Crippen LogP contribution is 2.30. The molecule has 1 aromatic carbocycles. The van der Waals surface area contributed by atoms with Crippen molar-refractivity contribution in [2.75, 3.05) is 7.11 Å². The molecule has 1 aliphatic rings. The summed E-state index contributed by atoms with van der Waals surface area (Å²) in [6, 6.07) is 5.94. The van der Waals surface area contributed by atoms with Crippen molar-refractivity contribution in [2.45, 2.75) is 12.0 Å². The average Bonchev–Trinajstić information content (AvgIpc) is 2.53. The van der Waals surface area contributed by atoms with Gasteiger partial charge in [-0.3, -0.25) is 9.59 Å². The highest BCUT2D eigenvalue weighted by atomic mass is 35.5. The lowest BCUT2D eigenvalue weighted by Crippen LogP contribution is -2.70. The van der Waals surface area contributed by atoms with E-state index in [2.05, 4.69) is 10.6 Å². The molecule has 25 heavy (non-hydrogen) atoms. The number of hydrogen-bond donors (Lipinski definition) is 2. The third-order valence-corrected chi connectivity index (χ3v) is 4.43. The van der Waals surface area contributed by atoms with Gasteiger partial charge in [0.1, 0.15) is 0 Å². The maximum Gasteiger partial charge on any atom is 0.334 e. The van der Waals surface area contributed by atoms with Crippen LogP contribution in [0.5, 0.6) is 0 Å². The van der Waals surface area contributed by atoms with E-state index in [1.165, 1.54) is 18.2 Å². The molecular formula is C15H11Cl2N3O4S. The van der Waals surface area contributed by atoms with Crippen molar-refractivity contribution in [2.24, 2.45) is 5.92 Å². The number of benzene rings is 1. The number of Topliss-reactive ketones (excluding diaryl/α,β-unsaturated/α-hetero) is 1. The van der Waals surface area contributed by atoms with Gasteiger partial charge in [-0.1, -0.05) is 23.2 Å². The molecule has 1 saturated heterocycles. The van der Waals surface area contributed by atoms with Crippen LogP contribution in [0.4, 0.5) is 0 Å². The summed E-state index contributed by atoms with van der Waals surface area (Å²) in [5.41, 5.74) is -1.87. The molecule has 130 valence electrons. The molecule has 10 heteroatoms.